The molecule has 1 amide bonds. The smallest absolute Gasteiger partial charge is 0.396 e. The number of hydrogen-bond donors (Lipinski definition) is 1. The summed E-state index contributed by atoms with van der Waals surface area (Å²) < 4.78 is 9.60. The number of amides is 1. The number of methoxy groups -OCH3 is 1. The summed E-state index contributed by atoms with van der Waals surface area (Å²) in [5, 5.41) is 12.7. The Morgan fingerprint density at radius 2 is 2.00 bits per heavy atom. The molecule has 8 heteroatoms. The normalized spacial score (nSPS) is 17.6. The predicted octanol–water partition coefficient (Wildman–Crippen LogP) is 2.99. The summed E-state index contributed by atoms with van der Waals surface area (Å²) in [5.41, 5.74) is 1.22. The Morgan fingerprint density at radius 1 is 1.28 bits per heavy atom. The first-order chi connectivity index (χ1) is 14.0. The van der Waals surface area contributed by atoms with Gasteiger partial charge in [-0.2, -0.15) is 5.26 Å². The number of nitrogens with zero attached hydrogens (tertiary/aromatic N) is 1. The predicted molar refractivity (Wildman–Crippen MR) is 107 cm³/mol. The molecular formula is C21H20N2O5S. The van der Waals surface area contributed by atoms with E-state index in [0.29, 0.717) is 19.3 Å². The second-order valence-electron chi connectivity index (χ2n) is 6.61. The lowest BCUT2D eigenvalue weighted by Crippen LogP contribution is -2.31. The number of carbonyl (C=O) groups excluding carboxylic acids is 3. The molecule has 0 spiro atoms. The average Bonchev–Trinajstić information content (AvgIpc) is 3.10. The maximum Gasteiger partial charge on any atom is 0.396 e. The summed E-state index contributed by atoms with van der Waals surface area (Å²) in [5.74, 6) is -2.58. The van der Waals surface area contributed by atoms with Gasteiger partial charge in [0.2, 0.25) is 0 Å². The first kappa shape index (κ1) is 20.6. The lowest BCUT2D eigenvalue weighted by molar-refractivity contribution is -0.150. The molecule has 1 aliphatic carbocycles. The van der Waals surface area contributed by atoms with Crippen LogP contribution in [0.4, 0.5) is 5.00 Å². The number of ether oxygens (including phenoxy) is 2. The summed E-state index contributed by atoms with van der Waals surface area (Å²) in [4.78, 5) is 36.9. The SMILES string of the molecule is CCOC(=O)c1c(NC(=O)C(=O)OC)sc2c1CC[C@](C#N)(c1ccccc1)C2. The van der Waals surface area contributed by atoms with Crippen molar-refractivity contribution in [2.45, 2.75) is 31.6 Å². The van der Waals surface area contributed by atoms with Crippen molar-refractivity contribution in [3.8, 4) is 6.07 Å². The Balaban J connectivity index is 2.03. The molecule has 0 fully saturated rings. The van der Waals surface area contributed by atoms with Crippen LogP contribution in [0.2, 0.25) is 0 Å². The van der Waals surface area contributed by atoms with E-state index in [1.54, 1.807) is 6.92 Å². The minimum atomic E-state index is -1.05. The number of benzene rings is 1. The molecule has 0 saturated heterocycles. The van der Waals surface area contributed by atoms with Crippen LogP contribution in [0, 0.1) is 11.3 Å². The Bertz CT molecular complexity index is 992. The lowest BCUT2D eigenvalue weighted by atomic mass is 9.70. The molecule has 0 saturated carbocycles. The van der Waals surface area contributed by atoms with Gasteiger partial charge in [-0.1, -0.05) is 30.3 Å². The second kappa shape index (κ2) is 8.45. The second-order valence-corrected chi connectivity index (χ2v) is 7.72. The molecule has 0 radical (unpaired) electrons. The number of rotatable bonds is 4. The van der Waals surface area contributed by atoms with Gasteiger partial charge in [0.1, 0.15) is 5.00 Å². The van der Waals surface area contributed by atoms with E-state index >= 15 is 0 Å². The van der Waals surface area contributed by atoms with Crippen molar-refractivity contribution in [3.05, 3.63) is 51.9 Å². The van der Waals surface area contributed by atoms with E-state index in [1.807, 2.05) is 30.3 Å². The molecule has 150 valence electrons. The highest BCUT2D eigenvalue weighted by atomic mass is 32.1. The molecule has 0 unspecified atom stereocenters. The monoisotopic (exact) mass is 412 g/mol. The third kappa shape index (κ3) is 3.87. The van der Waals surface area contributed by atoms with E-state index < -0.39 is 23.3 Å². The Labute approximate surface area is 172 Å². The zero-order chi connectivity index (χ0) is 21.0. The van der Waals surface area contributed by atoms with Crippen molar-refractivity contribution in [1.29, 1.82) is 5.26 Å². The molecule has 0 aliphatic heterocycles. The number of thiophene rings is 1. The van der Waals surface area contributed by atoms with Crippen LogP contribution in [0.3, 0.4) is 0 Å². The van der Waals surface area contributed by atoms with Crippen LogP contribution < -0.4 is 5.32 Å². The summed E-state index contributed by atoms with van der Waals surface area (Å²) >= 11 is 1.19. The van der Waals surface area contributed by atoms with Crippen molar-refractivity contribution in [3.63, 3.8) is 0 Å². The van der Waals surface area contributed by atoms with Crippen molar-refractivity contribution < 1.29 is 23.9 Å². The van der Waals surface area contributed by atoms with Crippen LogP contribution in [-0.2, 0) is 37.3 Å². The molecule has 0 bridgehead atoms. The third-order valence-corrected chi connectivity index (χ3v) is 6.12. The zero-order valence-corrected chi connectivity index (χ0v) is 16.9. The van der Waals surface area contributed by atoms with Crippen LogP contribution in [0.5, 0.6) is 0 Å². The highest BCUT2D eigenvalue weighted by Gasteiger charge is 2.40. The molecule has 1 aromatic carbocycles. The molecule has 1 N–H and O–H groups in total. The van der Waals surface area contributed by atoms with E-state index in [0.717, 1.165) is 23.1 Å². The maximum absolute atomic E-state index is 12.6. The molecule has 1 aliphatic rings. The van der Waals surface area contributed by atoms with Crippen molar-refractivity contribution in [2.75, 3.05) is 19.0 Å². The quantitative estimate of drug-likeness (QED) is 0.611. The fourth-order valence-corrected chi connectivity index (χ4v) is 4.88. The number of hydrogen-bond acceptors (Lipinski definition) is 7. The van der Waals surface area contributed by atoms with Crippen molar-refractivity contribution in [1.82, 2.24) is 0 Å². The van der Waals surface area contributed by atoms with Gasteiger partial charge < -0.3 is 14.8 Å². The van der Waals surface area contributed by atoms with Crippen LogP contribution >= 0.6 is 11.3 Å². The van der Waals surface area contributed by atoms with Crippen LogP contribution in [-0.4, -0.2) is 31.6 Å². The van der Waals surface area contributed by atoms with Crippen LogP contribution in [0.25, 0.3) is 0 Å². The Morgan fingerprint density at radius 3 is 2.62 bits per heavy atom. The number of fused-ring (bicyclic) bond motifs is 1. The maximum atomic E-state index is 12.6. The molecule has 1 aromatic heterocycles. The summed E-state index contributed by atoms with van der Waals surface area (Å²) in [7, 11) is 1.11. The molecule has 1 heterocycles. The Hall–Kier alpha value is -3.18. The van der Waals surface area contributed by atoms with Crippen molar-refractivity contribution >= 4 is 34.2 Å². The summed E-state index contributed by atoms with van der Waals surface area (Å²) in [6, 6.07) is 12.0. The molecule has 29 heavy (non-hydrogen) atoms. The summed E-state index contributed by atoms with van der Waals surface area (Å²) in [6.07, 6.45) is 1.43. The number of anilines is 1. The zero-order valence-electron chi connectivity index (χ0n) is 16.1. The Kier molecular flexibility index (Phi) is 5.99. The summed E-state index contributed by atoms with van der Waals surface area (Å²) in [6.45, 7) is 1.87. The van der Waals surface area contributed by atoms with E-state index in [1.165, 1.54) is 11.3 Å². The molecule has 3 rings (SSSR count). The average molecular weight is 412 g/mol. The number of esters is 2. The van der Waals surface area contributed by atoms with Gasteiger partial charge in [0.25, 0.3) is 0 Å². The van der Waals surface area contributed by atoms with Crippen LogP contribution in [0.15, 0.2) is 30.3 Å². The van der Waals surface area contributed by atoms with E-state index in [9.17, 15) is 19.6 Å². The third-order valence-electron chi connectivity index (χ3n) is 4.97. The topological polar surface area (TPSA) is 105 Å². The minimum Gasteiger partial charge on any atom is -0.462 e. The van der Waals surface area contributed by atoms with Gasteiger partial charge >= 0.3 is 17.8 Å². The largest absolute Gasteiger partial charge is 0.462 e. The number of nitriles is 1. The van der Waals surface area contributed by atoms with Gasteiger partial charge in [-0.05, 0) is 30.9 Å². The highest BCUT2D eigenvalue weighted by molar-refractivity contribution is 7.17. The molecule has 2 aromatic rings. The number of nitrogens with one attached hydrogen (secondary N) is 1. The van der Waals surface area contributed by atoms with Gasteiger partial charge in [0.05, 0.1) is 30.8 Å². The molecular weight excluding hydrogens is 392 g/mol. The fraction of sp³-hybridized carbons (Fsp3) is 0.333. The first-order valence-electron chi connectivity index (χ1n) is 9.13. The van der Waals surface area contributed by atoms with E-state index in [4.69, 9.17) is 4.74 Å². The van der Waals surface area contributed by atoms with Gasteiger partial charge in [-0.3, -0.25) is 4.79 Å². The van der Waals surface area contributed by atoms with E-state index in [2.05, 4.69) is 16.1 Å². The highest BCUT2D eigenvalue weighted by Crippen LogP contribution is 2.45. The van der Waals surface area contributed by atoms with Gasteiger partial charge in [-0.25, -0.2) is 9.59 Å². The van der Waals surface area contributed by atoms with Gasteiger partial charge in [-0.15, -0.1) is 11.3 Å². The van der Waals surface area contributed by atoms with E-state index in [-0.39, 0.29) is 17.2 Å². The number of carbonyl (C=O) groups is 3. The lowest BCUT2D eigenvalue weighted by Gasteiger charge is -2.31. The first-order valence-corrected chi connectivity index (χ1v) is 9.95. The van der Waals surface area contributed by atoms with Gasteiger partial charge in [0.15, 0.2) is 0 Å². The van der Waals surface area contributed by atoms with Gasteiger partial charge in [0, 0.05) is 11.3 Å². The fourth-order valence-electron chi connectivity index (χ4n) is 3.54. The standard InChI is InChI=1S/C21H20N2O5S/c1-3-28-19(25)16-14-9-10-21(12-22,13-7-5-4-6-8-13)11-15(14)29-18(16)23-17(24)20(26)27-2/h4-8H,3,9-11H2,1-2H3,(H,23,24)/t21-/m0/s1. The molecule has 7 nitrogen and oxygen atoms in total. The molecule has 1 atom stereocenters. The van der Waals surface area contributed by atoms with Crippen molar-refractivity contribution in [2.24, 2.45) is 0 Å². The van der Waals surface area contributed by atoms with Crippen LogP contribution in [0.1, 0.15) is 39.7 Å². The minimum absolute atomic E-state index is 0.181.